The molecule has 1 nitrogen and oxygen atoms in total. The summed E-state index contributed by atoms with van der Waals surface area (Å²) in [6.07, 6.45) is 7.16. The van der Waals surface area contributed by atoms with Crippen molar-refractivity contribution in [2.24, 2.45) is 11.8 Å². The summed E-state index contributed by atoms with van der Waals surface area (Å²) in [5.41, 5.74) is 0. The minimum absolute atomic E-state index is 0.781. The fraction of sp³-hybridized carbons (Fsp3) is 0.800. The molecule has 1 aliphatic heterocycles. The van der Waals surface area contributed by atoms with Crippen LogP contribution in [-0.2, 0) is 0 Å². The first-order valence-electron chi connectivity index (χ1n) is 4.72. The van der Waals surface area contributed by atoms with Crippen LogP contribution in [0.2, 0.25) is 0 Å². The monoisotopic (exact) mass is 153 g/mol. The second-order valence-corrected chi connectivity index (χ2v) is 3.47. The Kier molecular flexibility index (Phi) is 3.64. The van der Waals surface area contributed by atoms with Crippen molar-refractivity contribution in [2.75, 3.05) is 13.1 Å². The lowest BCUT2D eigenvalue weighted by atomic mass is 9.88. The molecule has 0 aromatic heterocycles. The molecule has 2 atom stereocenters. The predicted octanol–water partition coefficient (Wildman–Crippen LogP) is 2.20. The molecular formula is C10H19N. The van der Waals surface area contributed by atoms with E-state index in [9.17, 15) is 0 Å². The SMILES string of the molecule is CC/C=C/[C@@H]1CNCC[C@@H]1C. The summed E-state index contributed by atoms with van der Waals surface area (Å²) in [6, 6.07) is 0. The summed E-state index contributed by atoms with van der Waals surface area (Å²) in [4.78, 5) is 0. The van der Waals surface area contributed by atoms with E-state index in [1.54, 1.807) is 0 Å². The number of hydrogen-bond acceptors (Lipinski definition) is 1. The largest absolute Gasteiger partial charge is 0.316 e. The minimum Gasteiger partial charge on any atom is -0.316 e. The number of hydrogen-bond donors (Lipinski definition) is 1. The van der Waals surface area contributed by atoms with E-state index in [0.717, 1.165) is 11.8 Å². The van der Waals surface area contributed by atoms with Gasteiger partial charge in [0.2, 0.25) is 0 Å². The highest BCUT2D eigenvalue weighted by Gasteiger charge is 2.17. The number of nitrogens with one attached hydrogen (secondary N) is 1. The summed E-state index contributed by atoms with van der Waals surface area (Å²) in [6.45, 7) is 6.93. The molecule has 0 aromatic rings. The Hall–Kier alpha value is -0.300. The normalized spacial score (nSPS) is 32.9. The highest BCUT2D eigenvalue weighted by molar-refractivity contribution is 4.93. The van der Waals surface area contributed by atoms with E-state index >= 15 is 0 Å². The van der Waals surface area contributed by atoms with Gasteiger partial charge in [-0.15, -0.1) is 0 Å². The summed E-state index contributed by atoms with van der Waals surface area (Å²) in [7, 11) is 0. The maximum atomic E-state index is 3.42. The van der Waals surface area contributed by atoms with E-state index in [2.05, 4.69) is 31.3 Å². The molecule has 1 rings (SSSR count). The van der Waals surface area contributed by atoms with Crippen LogP contribution < -0.4 is 5.32 Å². The van der Waals surface area contributed by atoms with Crippen LogP contribution in [0.15, 0.2) is 12.2 Å². The van der Waals surface area contributed by atoms with Gasteiger partial charge in [0.25, 0.3) is 0 Å². The van der Waals surface area contributed by atoms with Crippen LogP contribution in [0.25, 0.3) is 0 Å². The zero-order valence-corrected chi connectivity index (χ0v) is 7.64. The van der Waals surface area contributed by atoms with E-state index in [4.69, 9.17) is 0 Å². The molecule has 0 spiro atoms. The highest BCUT2D eigenvalue weighted by atomic mass is 14.9. The lowest BCUT2D eigenvalue weighted by Crippen LogP contribution is -2.34. The first-order chi connectivity index (χ1) is 5.34. The molecule has 1 heterocycles. The Balaban J connectivity index is 2.35. The molecule has 1 saturated heterocycles. The van der Waals surface area contributed by atoms with Crippen LogP contribution in [0, 0.1) is 11.8 Å². The summed E-state index contributed by atoms with van der Waals surface area (Å²) >= 11 is 0. The molecular weight excluding hydrogens is 134 g/mol. The third-order valence-corrected chi connectivity index (χ3v) is 2.51. The first kappa shape index (κ1) is 8.79. The molecule has 0 unspecified atom stereocenters. The smallest absolute Gasteiger partial charge is 0.00167 e. The van der Waals surface area contributed by atoms with Gasteiger partial charge in [0.15, 0.2) is 0 Å². The molecule has 0 amide bonds. The standard InChI is InChI=1S/C10H19N/c1-3-4-5-10-8-11-7-6-9(10)2/h4-5,9-11H,3,6-8H2,1-2H3/b5-4+/t9-,10+/m0/s1. The first-order valence-corrected chi connectivity index (χ1v) is 4.72. The van der Waals surface area contributed by atoms with Crippen molar-refractivity contribution in [3.63, 3.8) is 0 Å². The molecule has 0 aromatic carbocycles. The van der Waals surface area contributed by atoms with Crippen molar-refractivity contribution in [1.29, 1.82) is 0 Å². The maximum absolute atomic E-state index is 3.42. The molecule has 1 heteroatoms. The average Bonchev–Trinajstić information content (AvgIpc) is 2.03. The van der Waals surface area contributed by atoms with Gasteiger partial charge in [0, 0.05) is 6.54 Å². The van der Waals surface area contributed by atoms with Crippen molar-refractivity contribution in [3.05, 3.63) is 12.2 Å². The Morgan fingerprint density at radius 1 is 1.55 bits per heavy atom. The zero-order chi connectivity index (χ0) is 8.10. The Bertz CT molecular complexity index is 129. The van der Waals surface area contributed by atoms with Crippen LogP contribution in [0.3, 0.4) is 0 Å². The predicted molar refractivity (Wildman–Crippen MR) is 49.6 cm³/mol. The summed E-state index contributed by atoms with van der Waals surface area (Å²) < 4.78 is 0. The van der Waals surface area contributed by atoms with Crippen LogP contribution in [-0.4, -0.2) is 13.1 Å². The van der Waals surface area contributed by atoms with Crippen molar-refractivity contribution >= 4 is 0 Å². The number of allylic oxidation sites excluding steroid dienone is 1. The Labute approximate surface area is 69.9 Å². The van der Waals surface area contributed by atoms with E-state index in [1.807, 2.05) is 0 Å². The number of piperidine rings is 1. The van der Waals surface area contributed by atoms with E-state index in [1.165, 1.54) is 25.9 Å². The van der Waals surface area contributed by atoms with Gasteiger partial charge in [-0.1, -0.05) is 26.0 Å². The quantitative estimate of drug-likeness (QED) is 0.600. The molecule has 1 aliphatic rings. The third-order valence-electron chi connectivity index (χ3n) is 2.51. The van der Waals surface area contributed by atoms with Crippen LogP contribution in [0.5, 0.6) is 0 Å². The molecule has 0 saturated carbocycles. The van der Waals surface area contributed by atoms with Gasteiger partial charge < -0.3 is 5.32 Å². The van der Waals surface area contributed by atoms with Gasteiger partial charge in [0.1, 0.15) is 0 Å². The second kappa shape index (κ2) is 4.55. The molecule has 1 N–H and O–H groups in total. The summed E-state index contributed by atoms with van der Waals surface area (Å²) in [5, 5.41) is 3.42. The van der Waals surface area contributed by atoms with Gasteiger partial charge in [-0.2, -0.15) is 0 Å². The van der Waals surface area contributed by atoms with Gasteiger partial charge >= 0.3 is 0 Å². The molecule has 0 aliphatic carbocycles. The van der Waals surface area contributed by atoms with E-state index in [0.29, 0.717) is 0 Å². The lowest BCUT2D eigenvalue weighted by molar-refractivity contribution is 0.324. The minimum atomic E-state index is 0.781. The van der Waals surface area contributed by atoms with Gasteiger partial charge in [-0.25, -0.2) is 0 Å². The van der Waals surface area contributed by atoms with Gasteiger partial charge in [-0.05, 0) is 31.2 Å². The molecule has 11 heavy (non-hydrogen) atoms. The van der Waals surface area contributed by atoms with Crippen LogP contribution in [0.1, 0.15) is 26.7 Å². The third kappa shape index (κ3) is 2.66. The van der Waals surface area contributed by atoms with E-state index in [-0.39, 0.29) is 0 Å². The number of rotatable bonds is 2. The van der Waals surface area contributed by atoms with Gasteiger partial charge in [0.05, 0.1) is 0 Å². The molecule has 64 valence electrons. The maximum Gasteiger partial charge on any atom is 0.00167 e. The Morgan fingerprint density at radius 3 is 3.00 bits per heavy atom. The fourth-order valence-corrected chi connectivity index (χ4v) is 1.58. The van der Waals surface area contributed by atoms with Crippen LogP contribution in [0.4, 0.5) is 0 Å². The van der Waals surface area contributed by atoms with Crippen molar-refractivity contribution in [2.45, 2.75) is 26.7 Å². The Morgan fingerprint density at radius 2 is 2.36 bits per heavy atom. The van der Waals surface area contributed by atoms with Crippen molar-refractivity contribution < 1.29 is 0 Å². The molecule has 0 bridgehead atoms. The highest BCUT2D eigenvalue weighted by Crippen LogP contribution is 2.19. The van der Waals surface area contributed by atoms with Crippen molar-refractivity contribution in [1.82, 2.24) is 5.32 Å². The fourth-order valence-electron chi connectivity index (χ4n) is 1.58. The van der Waals surface area contributed by atoms with E-state index < -0.39 is 0 Å². The average molecular weight is 153 g/mol. The topological polar surface area (TPSA) is 12.0 Å². The van der Waals surface area contributed by atoms with Gasteiger partial charge in [-0.3, -0.25) is 0 Å². The zero-order valence-electron chi connectivity index (χ0n) is 7.64. The molecule has 1 fully saturated rings. The summed E-state index contributed by atoms with van der Waals surface area (Å²) in [5.74, 6) is 1.66. The second-order valence-electron chi connectivity index (χ2n) is 3.47. The lowest BCUT2D eigenvalue weighted by Gasteiger charge is -2.26. The van der Waals surface area contributed by atoms with Crippen molar-refractivity contribution in [3.8, 4) is 0 Å². The molecule has 0 radical (unpaired) electrons. The van der Waals surface area contributed by atoms with Crippen LogP contribution >= 0.6 is 0 Å².